The number of halogens is 2. The summed E-state index contributed by atoms with van der Waals surface area (Å²) in [7, 11) is 0. The first-order valence-corrected chi connectivity index (χ1v) is 6.89. The standard InChI is InChI=1S/C15H19F2N3/c1-3-7-18-9-11-10-19-20(14(11)4-2)15-6-5-12(16)8-13(15)17/h5-6,8,10,18H,3-4,7,9H2,1-2H3. The van der Waals surface area contributed by atoms with Gasteiger partial charge in [-0.15, -0.1) is 0 Å². The van der Waals surface area contributed by atoms with Crippen LogP contribution in [0, 0.1) is 11.6 Å². The van der Waals surface area contributed by atoms with E-state index < -0.39 is 11.6 Å². The maximum atomic E-state index is 13.9. The van der Waals surface area contributed by atoms with E-state index in [4.69, 9.17) is 0 Å². The molecule has 0 unspecified atom stereocenters. The molecule has 2 rings (SSSR count). The van der Waals surface area contributed by atoms with Crippen LogP contribution < -0.4 is 5.32 Å². The Morgan fingerprint density at radius 2 is 2.05 bits per heavy atom. The van der Waals surface area contributed by atoms with E-state index in [9.17, 15) is 8.78 Å². The van der Waals surface area contributed by atoms with E-state index in [0.717, 1.165) is 36.7 Å². The fourth-order valence-electron chi connectivity index (χ4n) is 2.19. The molecule has 1 aromatic heterocycles. The van der Waals surface area contributed by atoms with Gasteiger partial charge in [0.05, 0.1) is 6.20 Å². The summed E-state index contributed by atoms with van der Waals surface area (Å²) >= 11 is 0. The number of benzene rings is 1. The molecule has 0 fully saturated rings. The summed E-state index contributed by atoms with van der Waals surface area (Å²) in [6, 6.07) is 3.54. The zero-order chi connectivity index (χ0) is 14.5. The summed E-state index contributed by atoms with van der Waals surface area (Å²) in [6.07, 6.45) is 3.53. The zero-order valence-corrected chi connectivity index (χ0v) is 11.8. The van der Waals surface area contributed by atoms with Crippen LogP contribution in [0.2, 0.25) is 0 Å². The van der Waals surface area contributed by atoms with E-state index in [1.165, 1.54) is 12.1 Å². The quantitative estimate of drug-likeness (QED) is 0.823. The van der Waals surface area contributed by atoms with Crippen molar-refractivity contribution in [1.82, 2.24) is 15.1 Å². The molecule has 108 valence electrons. The van der Waals surface area contributed by atoms with E-state index in [-0.39, 0.29) is 5.69 Å². The van der Waals surface area contributed by atoms with Gasteiger partial charge in [0.15, 0.2) is 5.82 Å². The van der Waals surface area contributed by atoms with Crippen molar-refractivity contribution in [3.63, 3.8) is 0 Å². The fourth-order valence-corrected chi connectivity index (χ4v) is 2.19. The summed E-state index contributed by atoms with van der Waals surface area (Å²) < 4.78 is 28.4. The summed E-state index contributed by atoms with van der Waals surface area (Å²) in [4.78, 5) is 0. The van der Waals surface area contributed by atoms with Gasteiger partial charge in [-0.3, -0.25) is 0 Å². The Bertz CT molecular complexity index is 578. The average molecular weight is 279 g/mol. The van der Waals surface area contributed by atoms with Crippen LogP contribution in [0.15, 0.2) is 24.4 Å². The Morgan fingerprint density at radius 3 is 2.70 bits per heavy atom. The van der Waals surface area contributed by atoms with Crippen LogP contribution in [0.1, 0.15) is 31.5 Å². The van der Waals surface area contributed by atoms with Crippen molar-refractivity contribution in [2.24, 2.45) is 0 Å². The minimum absolute atomic E-state index is 0.282. The van der Waals surface area contributed by atoms with Crippen LogP contribution in [0.25, 0.3) is 5.69 Å². The van der Waals surface area contributed by atoms with E-state index in [2.05, 4.69) is 17.3 Å². The maximum absolute atomic E-state index is 13.9. The lowest BCUT2D eigenvalue weighted by Gasteiger charge is -2.09. The third kappa shape index (κ3) is 3.04. The van der Waals surface area contributed by atoms with Gasteiger partial charge in [0.1, 0.15) is 11.5 Å². The predicted molar refractivity (Wildman–Crippen MR) is 74.9 cm³/mol. The lowest BCUT2D eigenvalue weighted by atomic mass is 10.2. The Kier molecular flexibility index (Phi) is 4.84. The minimum atomic E-state index is -0.601. The first-order chi connectivity index (χ1) is 9.67. The van der Waals surface area contributed by atoms with Gasteiger partial charge in [0.2, 0.25) is 0 Å². The fraction of sp³-hybridized carbons (Fsp3) is 0.400. The summed E-state index contributed by atoms with van der Waals surface area (Å²) in [6.45, 7) is 5.74. The molecule has 5 heteroatoms. The topological polar surface area (TPSA) is 29.9 Å². The van der Waals surface area contributed by atoms with Crippen molar-refractivity contribution < 1.29 is 8.78 Å². The van der Waals surface area contributed by atoms with Gasteiger partial charge in [-0.2, -0.15) is 5.10 Å². The molecule has 0 radical (unpaired) electrons. The zero-order valence-electron chi connectivity index (χ0n) is 11.8. The van der Waals surface area contributed by atoms with E-state index in [1.54, 1.807) is 10.9 Å². The second-order valence-electron chi connectivity index (χ2n) is 4.65. The Hall–Kier alpha value is -1.75. The van der Waals surface area contributed by atoms with E-state index in [1.807, 2.05) is 6.92 Å². The van der Waals surface area contributed by atoms with Gasteiger partial charge < -0.3 is 5.32 Å². The summed E-state index contributed by atoms with van der Waals surface area (Å²) in [5.41, 5.74) is 2.27. The molecule has 2 aromatic rings. The third-order valence-electron chi connectivity index (χ3n) is 3.17. The van der Waals surface area contributed by atoms with Crippen molar-refractivity contribution in [3.8, 4) is 5.69 Å². The van der Waals surface area contributed by atoms with Crippen molar-refractivity contribution in [3.05, 3.63) is 47.3 Å². The molecular formula is C15H19F2N3. The molecule has 20 heavy (non-hydrogen) atoms. The smallest absolute Gasteiger partial charge is 0.151 e. The van der Waals surface area contributed by atoms with Gasteiger partial charge in [0.25, 0.3) is 0 Å². The maximum Gasteiger partial charge on any atom is 0.151 e. The van der Waals surface area contributed by atoms with Crippen LogP contribution in [0.3, 0.4) is 0 Å². The Labute approximate surface area is 117 Å². The van der Waals surface area contributed by atoms with Crippen LogP contribution in [-0.2, 0) is 13.0 Å². The van der Waals surface area contributed by atoms with Gasteiger partial charge in [-0.25, -0.2) is 13.5 Å². The molecule has 1 heterocycles. The van der Waals surface area contributed by atoms with Crippen molar-refractivity contribution in [2.45, 2.75) is 33.2 Å². The first kappa shape index (κ1) is 14.7. The van der Waals surface area contributed by atoms with Gasteiger partial charge >= 0.3 is 0 Å². The monoisotopic (exact) mass is 279 g/mol. The van der Waals surface area contributed by atoms with Gasteiger partial charge in [0, 0.05) is 23.9 Å². The molecule has 0 aliphatic heterocycles. The first-order valence-electron chi connectivity index (χ1n) is 6.89. The van der Waals surface area contributed by atoms with Gasteiger partial charge in [-0.05, 0) is 31.5 Å². The number of aromatic nitrogens is 2. The molecule has 1 aromatic carbocycles. The van der Waals surface area contributed by atoms with Gasteiger partial charge in [-0.1, -0.05) is 13.8 Å². The molecule has 0 aliphatic rings. The number of nitrogens with one attached hydrogen (secondary N) is 1. The van der Waals surface area contributed by atoms with Crippen molar-refractivity contribution >= 4 is 0 Å². The van der Waals surface area contributed by atoms with Crippen LogP contribution in [0.4, 0.5) is 8.78 Å². The highest BCUT2D eigenvalue weighted by atomic mass is 19.1. The lowest BCUT2D eigenvalue weighted by Crippen LogP contribution is -2.15. The largest absolute Gasteiger partial charge is 0.313 e. The normalized spacial score (nSPS) is 11.0. The summed E-state index contributed by atoms with van der Waals surface area (Å²) in [5, 5.41) is 7.55. The van der Waals surface area contributed by atoms with Crippen LogP contribution >= 0.6 is 0 Å². The van der Waals surface area contributed by atoms with Crippen molar-refractivity contribution in [1.29, 1.82) is 0 Å². The number of hydrogen-bond donors (Lipinski definition) is 1. The third-order valence-corrected chi connectivity index (χ3v) is 3.17. The molecule has 0 atom stereocenters. The van der Waals surface area contributed by atoms with Crippen LogP contribution in [-0.4, -0.2) is 16.3 Å². The lowest BCUT2D eigenvalue weighted by molar-refractivity contribution is 0.571. The number of rotatable bonds is 6. The molecule has 1 N–H and O–H groups in total. The molecule has 0 bridgehead atoms. The molecule has 0 spiro atoms. The highest BCUT2D eigenvalue weighted by Gasteiger charge is 2.13. The number of nitrogens with zero attached hydrogens (tertiary/aromatic N) is 2. The van der Waals surface area contributed by atoms with Crippen molar-refractivity contribution in [2.75, 3.05) is 6.54 Å². The van der Waals surface area contributed by atoms with E-state index in [0.29, 0.717) is 6.54 Å². The number of hydrogen-bond acceptors (Lipinski definition) is 2. The SMILES string of the molecule is CCCNCc1cnn(-c2ccc(F)cc2F)c1CC. The highest BCUT2D eigenvalue weighted by Crippen LogP contribution is 2.19. The Balaban J connectivity index is 2.32. The highest BCUT2D eigenvalue weighted by molar-refractivity contribution is 5.37. The average Bonchev–Trinajstić information content (AvgIpc) is 2.82. The predicted octanol–water partition coefficient (Wildman–Crippen LogP) is 3.21. The Morgan fingerprint density at radius 1 is 1.25 bits per heavy atom. The molecule has 0 saturated carbocycles. The summed E-state index contributed by atoms with van der Waals surface area (Å²) in [5.74, 6) is -1.18. The minimum Gasteiger partial charge on any atom is -0.313 e. The molecule has 0 amide bonds. The second-order valence-corrected chi connectivity index (χ2v) is 4.65. The van der Waals surface area contributed by atoms with E-state index >= 15 is 0 Å². The van der Waals surface area contributed by atoms with Crippen LogP contribution in [0.5, 0.6) is 0 Å². The molecular weight excluding hydrogens is 260 g/mol. The molecule has 3 nitrogen and oxygen atoms in total. The second kappa shape index (κ2) is 6.61. The molecule has 0 aliphatic carbocycles. The molecule has 0 saturated heterocycles.